The number of aliphatic hydroxyl groups is 1. The Labute approximate surface area is 161 Å². The van der Waals surface area contributed by atoms with Gasteiger partial charge in [0.1, 0.15) is 12.5 Å². The monoisotopic (exact) mass is 396 g/mol. The molecule has 2 aliphatic rings. The van der Waals surface area contributed by atoms with E-state index in [2.05, 4.69) is 9.98 Å². The largest absolute Gasteiger partial charge is 0.543 e. The molecule has 3 heterocycles. The number of aliphatic hydroxyl groups excluding tert-OH is 1. The number of carbonyl (C=O) groups excluding carboxylic acids is 2. The van der Waals surface area contributed by atoms with Gasteiger partial charge in [-0.2, -0.15) is 9.36 Å². The van der Waals surface area contributed by atoms with Gasteiger partial charge in [-0.15, -0.1) is 11.8 Å². The average Bonchev–Trinajstić information content (AvgIpc) is 3.24. The van der Waals surface area contributed by atoms with E-state index in [1.54, 1.807) is 19.6 Å². The molecule has 0 fully saturated rings. The van der Waals surface area contributed by atoms with Gasteiger partial charge in [-0.25, -0.2) is 0 Å². The molecule has 1 aromatic heterocycles. The van der Waals surface area contributed by atoms with Gasteiger partial charge >= 0.3 is 12.3 Å². The van der Waals surface area contributed by atoms with E-state index in [4.69, 9.17) is 4.74 Å². The minimum atomic E-state index is -1.33. The van der Waals surface area contributed by atoms with Gasteiger partial charge in [0.15, 0.2) is 0 Å². The van der Waals surface area contributed by atoms with Crippen LogP contribution in [0.25, 0.3) is 0 Å². The van der Waals surface area contributed by atoms with Gasteiger partial charge in [0.05, 0.1) is 47.5 Å². The molecule has 0 aromatic carbocycles. The first-order valence-corrected chi connectivity index (χ1v) is 9.96. The van der Waals surface area contributed by atoms with E-state index < -0.39 is 35.3 Å². The summed E-state index contributed by atoms with van der Waals surface area (Å²) < 4.78 is 9.02. The van der Waals surface area contributed by atoms with Crippen molar-refractivity contribution in [2.75, 3.05) is 6.61 Å². The smallest absolute Gasteiger partial charge is 0.313 e. The Morgan fingerprint density at radius 2 is 2.30 bits per heavy atom. The lowest BCUT2D eigenvalue weighted by atomic mass is 9.86. The molecule has 27 heavy (non-hydrogen) atoms. The van der Waals surface area contributed by atoms with E-state index in [9.17, 15) is 19.8 Å². The molecular weight excluding hydrogens is 372 g/mol. The number of aliphatic carboxylic acids is 1. The summed E-state index contributed by atoms with van der Waals surface area (Å²) in [4.78, 5) is 32.4. The molecule has 2 aliphatic heterocycles. The first-order chi connectivity index (χ1) is 12.8. The number of hydrogen-bond acceptors (Lipinski definition) is 8. The minimum Gasteiger partial charge on any atom is -0.543 e. The fourth-order valence-electron chi connectivity index (χ4n) is 3.79. The molecule has 3 rings (SSSR count). The van der Waals surface area contributed by atoms with Crippen molar-refractivity contribution in [2.24, 2.45) is 16.8 Å². The molecule has 1 N–H and O–H groups in total. The third-order valence-corrected chi connectivity index (χ3v) is 6.71. The Balaban J connectivity index is 1.79. The molecule has 1 aromatic rings. The summed E-state index contributed by atoms with van der Waals surface area (Å²) in [6, 6.07) is -0.663. The van der Waals surface area contributed by atoms with Crippen molar-refractivity contribution in [3.63, 3.8) is 0 Å². The summed E-state index contributed by atoms with van der Waals surface area (Å²) in [5.74, 6) is -3.05. The SMILES string of the molecule is CCOC(=O)[C@@H]([C@@H]1N=C(C(=O)[O-])C(SC2Cn3cnc[n+]3C2)[C@@H]1C)[C@@H](C)O. The van der Waals surface area contributed by atoms with Crippen LogP contribution in [-0.2, 0) is 27.4 Å². The number of aromatic nitrogens is 3. The summed E-state index contributed by atoms with van der Waals surface area (Å²) in [7, 11) is 0. The molecule has 5 atom stereocenters. The van der Waals surface area contributed by atoms with Crippen LogP contribution in [0, 0.1) is 11.8 Å². The van der Waals surface area contributed by atoms with Crippen LogP contribution in [0.2, 0.25) is 0 Å². The molecule has 10 heteroatoms. The quantitative estimate of drug-likeness (QED) is 0.436. The molecule has 0 aliphatic carbocycles. The van der Waals surface area contributed by atoms with Crippen molar-refractivity contribution in [1.82, 2.24) is 9.67 Å². The fourth-order valence-corrected chi connectivity index (χ4v) is 5.38. The van der Waals surface area contributed by atoms with Crippen LogP contribution in [0.5, 0.6) is 0 Å². The van der Waals surface area contributed by atoms with Crippen LogP contribution in [0.4, 0.5) is 0 Å². The molecule has 0 saturated carbocycles. The summed E-state index contributed by atoms with van der Waals surface area (Å²) in [6.45, 7) is 6.67. The topological polar surface area (TPSA) is 121 Å². The van der Waals surface area contributed by atoms with Crippen molar-refractivity contribution in [3.8, 4) is 0 Å². The lowest BCUT2D eigenvalue weighted by Crippen LogP contribution is -2.42. The molecule has 9 nitrogen and oxygen atoms in total. The van der Waals surface area contributed by atoms with Crippen molar-refractivity contribution in [3.05, 3.63) is 12.7 Å². The Bertz CT molecular complexity index is 729. The number of carboxylic acid groups (broad SMARTS) is 1. The third kappa shape index (κ3) is 3.86. The average molecular weight is 396 g/mol. The standard InChI is InChI=1S/C17H24N4O5S/c1-4-26-17(25)12(10(3)22)13-9(2)15(14(19-13)16(23)24)27-11-5-20-7-18-8-21(20)6-11/h7-13,15,22H,4-6H2,1-3H3/t9-,10-,12-,13-,15?/m1/s1. The van der Waals surface area contributed by atoms with Gasteiger partial charge in [-0.05, 0) is 24.7 Å². The van der Waals surface area contributed by atoms with Gasteiger partial charge in [-0.1, -0.05) is 6.92 Å². The first-order valence-electron chi connectivity index (χ1n) is 9.02. The number of hydrogen-bond donors (Lipinski definition) is 1. The van der Waals surface area contributed by atoms with E-state index in [1.807, 2.05) is 16.3 Å². The van der Waals surface area contributed by atoms with E-state index in [0.717, 1.165) is 13.1 Å². The molecule has 0 bridgehead atoms. The number of thioether (sulfide) groups is 1. The van der Waals surface area contributed by atoms with Crippen molar-refractivity contribution >= 4 is 29.4 Å². The van der Waals surface area contributed by atoms with E-state index in [0.29, 0.717) is 0 Å². The Morgan fingerprint density at radius 1 is 1.56 bits per heavy atom. The number of aliphatic imine (C=N–C) groups is 1. The second kappa shape index (κ2) is 7.97. The Morgan fingerprint density at radius 3 is 2.89 bits per heavy atom. The predicted octanol–water partition coefficient (Wildman–Crippen LogP) is -1.58. The van der Waals surface area contributed by atoms with Crippen molar-refractivity contribution < 1.29 is 29.2 Å². The van der Waals surface area contributed by atoms with Crippen molar-refractivity contribution in [2.45, 2.75) is 56.5 Å². The van der Waals surface area contributed by atoms with Crippen LogP contribution >= 0.6 is 11.8 Å². The second-order valence-electron chi connectivity index (χ2n) is 6.97. The number of rotatable bonds is 7. The van der Waals surface area contributed by atoms with Crippen LogP contribution in [0.1, 0.15) is 20.8 Å². The maximum atomic E-state index is 12.3. The highest BCUT2D eigenvalue weighted by atomic mass is 32.2. The lowest BCUT2D eigenvalue weighted by Gasteiger charge is -2.28. The van der Waals surface area contributed by atoms with E-state index in [-0.39, 0.29) is 23.5 Å². The minimum absolute atomic E-state index is 0.0489. The molecule has 0 saturated heterocycles. The first kappa shape index (κ1) is 19.8. The maximum Gasteiger partial charge on any atom is 0.313 e. The second-order valence-corrected chi connectivity index (χ2v) is 8.42. The highest BCUT2D eigenvalue weighted by molar-refractivity contribution is 8.01. The highest BCUT2D eigenvalue weighted by Gasteiger charge is 2.46. The Kier molecular flexibility index (Phi) is 5.85. The number of carbonyl (C=O) groups is 2. The summed E-state index contributed by atoms with van der Waals surface area (Å²) in [6.07, 6.45) is 2.47. The number of esters is 1. The van der Waals surface area contributed by atoms with Crippen molar-refractivity contribution in [1.29, 1.82) is 0 Å². The lowest BCUT2D eigenvalue weighted by molar-refractivity contribution is -0.758. The van der Waals surface area contributed by atoms with Crippen LogP contribution < -0.4 is 9.79 Å². The Hall–Kier alpha value is -1.94. The normalized spacial score (nSPS) is 29.1. The molecule has 0 amide bonds. The number of carboxylic acids is 1. The molecular formula is C17H24N4O5S. The zero-order valence-electron chi connectivity index (χ0n) is 15.5. The zero-order valence-corrected chi connectivity index (χ0v) is 16.3. The molecule has 148 valence electrons. The summed E-state index contributed by atoms with van der Waals surface area (Å²) >= 11 is 1.52. The van der Waals surface area contributed by atoms with E-state index >= 15 is 0 Å². The molecule has 0 spiro atoms. The predicted molar refractivity (Wildman–Crippen MR) is 94.8 cm³/mol. The van der Waals surface area contributed by atoms with Gasteiger partial charge in [-0.3, -0.25) is 9.79 Å². The number of nitrogens with zero attached hydrogens (tertiary/aromatic N) is 4. The number of ether oxygens (including phenoxy) is 1. The maximum absolute atomic E-state index is 12.3. The van der Waals surface area contributed by atoms with Gasteiger partial charge in [0, 0.05) is 0 Å². The van der Waals surface area contributed by atoms with Crippen LogP contribution in [-0.4, -0.2) is 61.7 Å². The van der Waals surface area contributed by atoms with E-state index in [1.165, 1.54) is 18.7 Å². The van der Waals surface area contributed by atoms with Crippen LogP contribution in [0.15, 0.2) is 17.6 Å². The fraction of sp³-hybridized carbons (Fsp3) is 0.706. The molecule has 1 unspecified atom stereocenters. The van der Waals surface area contributed by atoms with Gasteiger partial charge in [0.25, 0.3) is 0 Å². The summed E-state index contributed by atoms with van der Waals surface area (Å²) in [5, 5.41) is 21.5. The molecule has 0 radical (unpaired) electrons. The van der Waals surface area contributed by atoms with Crippen LogP contribution in [0.3, 0.4) is 0 Å². The van der Waals surface area contributed by atoms with Gasteiger partial charge < -0.3 is 19.7 Å². The third-order valence-electron chi connectivity index (χ3n) is 5.08. The zero-order chi connectivity index (χ0) is 19.7. The summed E-state index contributed by atoms with van der Waals surface area (Å²) in [5.41, 5.74) is -0.0489. The van der Waals surface area contributed by atoms with Gasteiger partial charge in [0.2, 0.25) is 6.33 Å². The number of fused-ring (bicyclic) bond motifs is 1. The highest BCUT2D eigenvalue weighted by Crippen LogP contribution is 2.38.